The van der Waals surface area contributed by atoms with Gasteiger partial charge in [-0.15, -0.1) is 24.2 Å². The molecular weight excluding hydrogens is 330 g/mol. The van der Waals surface area contributed by atoms with Gasteiger partial charge in [0.1, 0.15) is 0 Å². The van der Waals surface area contributed by atoms with Crippen LogP contribution >= 0.6 is 24.2 Å². The van der Waals surface area contributed by atoms with Gasteiger partial charge in [-0.25, -0.2) is 0 Å². The van der Waals surface area contributed by atoms with E-state index in [2.05, 4.69) is 28.4 Å². The third-order valence-corrected chi connectivity index (χ3v) is 6.28. The zero-order chi connectivity index (χ0) is 15.0. The molecule has 2 saturated heterocycles. The van der Waals surface area contributed by atoms with Gasteiger partial charge >= 0.3 is 0 Å². The van der Waals surface area contributed by atoms with Crippen LogP contribution in [-0.2, 0) is 4.79 Å². The molecule has 23 heavy (non-hydrogen) atoms. The van der Waals surface area contributed by atoms with Gasteiger partial charge in [0.25, 0.3) is 0 Å². The molecule has 0 aromatic heterocycles. The molecule has 1 atom stereocenters. The quantitative estimate of drug-likeness (QED) is 0.884. The van der Waals surface area contributed by atoms with Gasteiger partial charge < -0.3 is 10.2 Å². The highest BCUT2D eigenvalue weighted by Gasteiger charge is 2.41. The highest BCUT2D eigenvalue weighted by atomic mass is 35.5. The van der Waals surface area contributed by atoms with Crippen LogP contribution in [0.1, 0.15) is 12.8 Å². The second-order valence-corrected chi connectivity index (χ2v) is 7.89. The second kappa shape index (κ2) is 7.01. The lowest BCUT2D eigenvalue weighted by Crippen LogP contribution is -2.43. The molecular formula is C17H24ClN3OS. The minimum Gasteiger partial charge on any atom is -0.316 e. The van der Waals surface area contributed by atoms with Crippen LogP contribution in [-0.4, -0.2) is 55.8 Å². The maximum absolute atomic E-state index is 12.8. The Labute approximate surface area is 148 Å². The van der Waals surface area contributed by atoms with Crippen LogP contribution in [0.2, 0.25) is 0 Å². The van der Waals surface area contributed by atoms with E-state index in [9.17, 15) is 4.79 Å². The van der Waals surface area contributed by atoms with Gasteiger partial charge in [0.05, 0.1) is 12.2 Å². The number of thioether (sulfide) groups is 1. The standard InChI is InChI=1S/C17H23N3OS.ClH/c21-16(11-19-8-6-17(13-19)5-7-18-12-17)20-9-10-22-15-4-2-1-3-14(15)20;/h1-4,18H,5-13H2;1H. The molecule has 0 bridgehead atoms. The van der Waals surface area contributed by atoms with Crippen LogP contribution in [0, 0.1) is 5.41 Å². The lowest BCUT2D eigenvalue weighted by molar-refractivity contribution is -0.119. The summed E-state index contributed by atoms with van der Waals surface area (Å²) in [5.41, 5.74) is 1.54. The molecule has 2 fully saturated rings. The van der Waals surface area contributed by atoms with E-state index in [0.29, 0.717) is 12.0 Å². The molecule has 0 aliphatic carbocycles. The first-order valence-electron chi connectivity index (χ1n) is 8.21. The lowest BCUT2D eigenvalue weighted by atomic mass is 9.87. The van der Waals surface area contributed by atoms with Gasteiger partial charge in [-0.3, -0.25) is 9.69 Å². The summed E-state index contributed by atoms with van der Waals surface area (Å²) in [4.78, 5) is 18.4. The van der Waals surface area contributed by atoms with Crippen LogP contribution < -0.4 is 10.2 Å². The van der Waals surface area contributed by atoms with Gasteiger partial charge in [0.15, 0.2) is 0 Å². The Hall–Kier alpha value is -0.750. The van der Waals surface area contributed by atoms with E-state index in [0.717, 1.165) is 44.2 Å². The van der Waals surface area contributed by atoms with E-state index in [1.54, 1.807) is 0 Å². The number of carbonyl (C=O) groups excluding carboxylic acids is 1. The molecule has 1 aromatic rings. The smallest absolute Gasteiger partial charge is 0.241 e. The average molecular weight is 354 g/mol. The zero-order valence-corrected chi connectivity index (χ0v) is 14.9. The predicted octanol–water partition coefficient (Wildman–Crippen LogP) is 2.23. The van der Waals surface area contributed by atoms with Crippen molar-refractivity contribution >= 4 is 35.8 Å². The Morgan fingerprint density at radius 3 is 2.96 bits per heavy atom. The van der Waals surface area contributed by atoms with E-state index in [4.69, 9.17) is 0 Å². The summed E-state index contributed by atoms with van der Waals surface area (Å²) in [6, 6.07) is 8.28. The van der Waals surface area contributed by atoms with Crippen molar-refractivity contribution < 1.29 is 4.79 Å². The van der Waals surface area contributed by atoms with Crippen molar-refractivity contribution in [1.82, 2.24) is 10.2 Å². The maximum atomic E-state index is 12.8. The number of rotatable bonds is 2. The summed E-state index contributed by atoms with van der Waals surface area (Å²) < 4.78 is 0. The largest absolute Gasteiger partial charge is 0.316 e. The van der Waals surface area contributed by atoms with Crippen molar-refractivity contribution in [2.45, 2.75) is 17.7 Å². The van der Waals surface area contributed by atoms with Crippen molar-refractivity contribution in [2.75, 3.05) is 49.9 Å². The fourth-order valence-electron chi connectivity index (χ4n) is 4.01. The summed E-state index contributed by atoms with van der Waals surface area (Å²) in [5, 5.41) is 3.48. The topological polar surface area (TPSA) is 35.6 Å². The third kappa shape index (κ3) is 3.38. The number of hydrogen-bond donors (Lipinski definition) is 1. The molecule has 1 amide bonds. The number of para-hydroxylation sites is 1. The summed E-state index contributed by atoms with van der Waals surface area (Å²) in [6.45, 7) is 5.81. The van der Waals surface area contributed by atoms with Gasteiger partial charge in [0, 0.05) is 30.3 Å². The van der Waals surface area contributed by atoms with Gasteiger partial charge in [-0.1, -0.05) is 12.1 Å². The van der Waals surface area contributed by atoms with Crippen molar-refractivity contribution in [3.8, 4) is 0 Å². The van der Waals surface area contributed by atoms with E-state index >= 15 is 0 Å². The number of nitrogens with zero attached hydrogens (tertiary/aromatic N) is 2. The number of anilines is 1. The Balaban J connectivity index is 0.00000156. The number of amides is 1. The zero-order valence-electron chi connectivity index (χ0n) is 13.3. The molecule has 1 N–H and O–H groups in total. The average Bonchev–Trinajstić information content (AvgIpc) is 3.17. The van der Waals surface area contributed by atoms with Crippen LogP contribution in [0.25, 0.3) is 0 Å². The van der Waals surface area contributed by atoms with Crippen molar-refractivity contribution in [2.24, 2.45) is 5.41 Å². The summed E-state index contributed by atoms with van der Waals surface area (Å²) in [7, 11) is 0. The predicted molar refractivity (Wildman–Crippen MR) is 97.7 cm³/mol. The fourth-order valence-corrected chi connectivity index (χ4v) is 5.01. The molecule has 3 aliphatic heterocycles. The molecule has 1 spiro atoms. The molecule has 1 aromatic carbocycles. The second-order valence-electron chi connectivity index (χ2n) is 6.75. The first-order chi connectivity index (χ1) is 10.8. The fraction of sp³-hybridized carbons (Fsp3) is 0.588. The Morgan fingerprint density at radius 2 is 2.13 bits per heavy atom. The maximum Gasteiger partial charge on any atom is 0.241 e. The summed E-state index contributed by atoms with van der Waals surface area (Å²) in [6.07, 6.45) is 2.50. The Bertz CT molecular complexity index is 577. The minimum atomic E-state index is 0. The monoisotopic (exact) mass is 353 g/mol. The number of likely N-dealkylation sites (tertiary alicyclic amines) is 1. The number of hydrogen-bond acceptors (Lipinski definition) is 4. The normalized spacial score (nSPS) is 27.0. The SMILES string of the molecule is Cl.O=C(CN1CCC2(CCNC2)C1)N1CCSc2ccccc21. The third-order valence-electron chi connectivity index (χ3n) is 5.24. The van der Waals surface area contributed by atoms with E-state index in [-0.39, 0.29) is 18.3 Å². The highest BCUT2D eigenvalue weighted by Crippen LogP contribution is 2.37. The Kier molecular flexibility index (Phi) is 5.21. The Morgan fingerprint density at radius 1 is 1.26 bits per heavy atom. The summed E-state index contributed by atoms with van der Waals surface area (Å²) in [5.74, 6) is 1.26. The lowest BCUT2D eigenvalue weighted by Gasteiger charge is -2.31. The van der Waals surface area contributed by atoms with Gasteiger partial charge in [-0.2, -0.15) is 0 Å². The van der Waals surface area contributed by atoms with Gasteiger partial charge in [-0.05, 0) is 43.5 Å². The molecule has 4 rings (SSSR count). The van der Waals surface area contributed by atoms with E-state index < -0.39 is 0 Å². The highest BCUT2D eigenvalue weighted by molar-refractivity contribution is 7.99. The van der Waals surface area contributed by atoms with E-state index in [1.807, 2.05) is 22.7 Å². The first-order valence-corrected chi connectivity index (χ1v) is 9.20. The molecule has 3 aliphatic rings. The first kappa shape index (κ1) is 17.1. The van der Waals surface area contributed by atoms with Crippen LogP contribution in [0.4, 0.5) is 5.69 Å². The molecule has 6 heteroatoms. The number of fused-ring (bicyclic) bond motifs is 1. The summed E-state index contributed by atoms with van der Waals surface area (Å²) >= 11 is 1.85. The van der Waals surface area contributed by atoms with E-state index in [1.165, 1.54) is 17.7 Å². The van der Waals surface area contributed by atoms with Crippen molar-refractivity contribution in [3.05, 3.63) is 24.3 Å². The molecule has 0 radical (unpaired) electrons. The molecule has 3 heterocycles. The van der Waals surface area contributed by atoms with Crippen molar-refractivity contribution in [1.29, 1.82) is 0 Å². The number of carbonyl (C=O) groups is 1. The number of halogens is 1. The minimum absolute atomic E-state index is 0. The van der Waals surface area contributed by atoms with Crippen LogP contribution in [0.15, 0.2) is 29.2 Å². The van der Waals surface area contributed by atoms with Crippen LogP contribution in [0.5, 0.6) is 0 Å². The van der Waals surface area contributed by atoms with Crippen molar-refractivity contribution in [3.63, 3.8) is 0 Å². The molecule has 4 nitrogen and oxygen atoms in total. The molecule has 1 unspecified atom stereocenters. The van der Waals surface area contributed by atoms with Gasteiger partial charge in [0.2, 0.25) is 5.91 Å². The molecule has 126 valence electrons. The number of nitrogens with one attached hydrogen (secondary N) is 1. The molecule has 0 saturated carbocycles. The van der Waals surface area contributed by atoms with Crippen LogP contribution in [0.3, 0.4) is 0 Å². The number of benzene rings is 1.